The number of carbonyl (C=O) groups is 3. The molecule has 9 heteroatoms. The van der Waals surface area contributed by atoms with Gasteiger partial charge < -0.3 is 16.2 Å². The van der Waals surface area contributed by atoms with Crippen LogP contribution in [0.4, 0.5) is 0 Å². The number of benzene rings is 1. The van der Waals surface area contributed by atoms with Gasteiger partial charge >= 0.3 is 5.97 Å². The molecule has 0 saturated heterocycles. The van der Waals surface area contributed by atoms with Gasteiger partial charge in [-0.05, 0) is 18.2 Å². The predicted octanol–water partition coefficient (Wildman–Crippen LogP) is -0.851. The van der Waals surface area contributed by atoms with Gasteiger partial charge in [-0.1, -0.05) is 6.07 Å². The number of nitrogens with two attached hydrogens (primary N) is 1. The Labute approximate surface area is 120 Å². The molecule has 0 saturated carbocycles. The number of sulfone groups is 1. The van der Waals surface area contributed by atoms with Crippen LogP contribution >= 0.6 is 0 Å². The van der Waals surface area contributed by atoms with Crippen LogP contribution in [0.3, 0.4) is 0 Å². The van der Waals surface area contributed by atoms with E-state index >= 15 is 0 Å². The van der Waals surface area contributed by atoms with E-state index in [1.807, 2.05) is 0 Å². The highest BCUT2D eigenvalue weighted by Crippen LogP contribution is 2.11. The molecule has 114 valence electrons. The molecule has 1 aromatic rings. The first-order valence-corrected chi connectivity index (χ1v) is 7.62. The first-order valence-electron chi connectivity index (χ1n) is 5.73. The number of carboxylic acid groups (broad SMARTS) is 1. The van der Waals surface area contributed by atoms with Crippen LogP contribution in [-0.4, -0.2) is 43.6 Å². The molecule has 2 amide bonds. The first kappa shape index (κ1) is 16.6. The molecule has 8 nitrogen and oxygen atoms in total. The van der Waals surface area contributed by atoms with Gasteiger partial charge in [0.2, 0.25) is 5.91 Å². The Kier molecular flexibility index (Phi) is 5.03. The maximum absolute atomic E-state index is 11.9. The Hall–Kier alpha value is -2.42. The van der Waals surface area contributed by atoms with E-state index in [4.69, 9.17) is 10.8 Å². The number of nitrogens with one attached hydrogen (secondary N) is 1. The standard InChI is InChI=1S/C12H14N2O6S/c1-21(19,20)8-4-2-3-7(5-8)11(16)14-9(12(17)18)6-10(13)15/h2-5,9H,6H2,1H3,(H2,13,15)(H,14,16)(H,17,18)/t9-/m0/s1. The van der Waals surface area contributed by atoms with Crippen molar-refractivity contribution < 1.29 is 27.9 Å². The topological polar surface area (TPSA) is 144 Å². The Morgan fingerprint density at radius 2 is 1.95 bits per heavy atom. The van der Waals surface area contributed by atoms with Crippen molar-refractivity contribution in [2.45, 2.75) is 17.4 Å². The minimum Gasteiger partial charge on any atom is -0.480 e. The minimum absolute atomic E-state index is 0.0337. The van der Waals surface area contributed by atoms with Crippen LogP contribution in [0.1, 0.15) is 16.8 Å². The highest BCUT2D eigenvalue weighted by atomic mass is 32.2. The normalized spacial score (nSPS) is 12.4. The van der Waals surface area contributed by atoms with Crippen LogP contribution in [-0.2, 0) is 19.4 Å². The van der Waals surface area contributed by atoms with Crippen LogP contribution in [0, 0.1) is 0 Å². The number of carboxylic acids is 1. The number of primary amides is 1. The third kappa shape index (κ3) is 4.88. The van der Waals surface area contributed by atoms with Gasteiger partial charge in [0.25, 0.3) is 5.91 Å². The molecule has 0 aromatic heterocycles. The molecule has 0 unspecified atom stereocenters. The summed E-state index contributed by atoms with van der Waals surface area (Å²) in [4.78, 5) is 33.5. The maximum Gasteiger partial charge on any atom is 0.326 e. The molecule has 0 fully saturated rings. The average Bonchev–Trinajstić information content (AvgIpc) is 2.36. The lowest BCUT2D eigenvalue weighted by atomic mass is 10.1. The van der Waals surface area contributed by atoms with E-state index in [-0.39, 0.29) is 10.5 Å². The molecule has 4 N–H and O–H groups in total. The molecule has 0 bridgehead atoms. The zero-order valence-corrected chi connectivity index (χ0v) is 11.9. The zero-order chi connectivity index (χ0) is 16.2. The van der Waals surface area contributed by atoms with Gasteiger partial charge in [0.15, 0.2) is 9.84 Å². The van der Waals surface area contributed by atoms with Crippen LogP contribution in [0.25, 0.3) is 0 Å². The molecule has 0 aliphatic rings. The third-order valence-corrected chi connectivity index (χ3v) is 3.64. The van der Waals surface area contributed by atoms with Gasteiger partial charge in [-0.15, -0.1) is 0 Å². The summed E-state index contributed by atoms with van der Waals surface area (Å²) >= 11 is 0. The molecule has 0 heterocycles. The van der Waals surface area contributed by atoms with Gasteiger partial charge in [0.1, 0.15) is 6.04 Å². The molecule has 1 aromatic carbocycles. The fourth-order valence-corrected chi connectivity index (χ4v) is 2.18. The second-order valence-corrected chi connectivity index (χ2v) is 6.35. The van der Waals surface area contributed by atoms with Crippen molar-refractivity contribution in [3.63, 3.8) is 0 Å². The van der Waals surface area contributed by atoms with Crippen LogP contribution in [0.5, 0.6) is 0 Å². The quantitative estimate of drug-likeness (QED) is 0.624. The van der Waals surface area contributed by atoms with E-state index in [1.165, 1.54) is 18.2 Å². The fourth-order valence-electron chi connectivity index (χ4n) is 1.51. The Balaban J connectivity index is 2.98. The van der Waals surface area contributed by atoms with Gasteiger partial charge in [0, 0.05) is 11.8 Å². The van der Waals surface area contributed by atoms with E-state index in [9.17, 15) is 22.8 Å². The predicted molar refractivity (Wildman–Crippen MR) is 72.3 cm³/mol. The summed E-state index contributed by atoms with van der Waals surface area (Å²) < 4.78 is 22.8. The van der Waals surface area contributed by atoms with Gasteiger partial charge in [-0.25, -0.2) is 13.2 Å². The van der Waals surface area contributed by atoms with Crippen molar-refractivity contribution in [3.8, 4) is 0 Å². The van der Waals surface area contributed by atoms with E-state index in [2.05, 4.69) is 5.32 Å². The van der Waals surface area contributed by atoms with Crippen molar-refractivity contribution in [2.24, 2.45) is 5.73 Å². The highest BCUT2D eigenvalue weighted by Gasteiger charge is 2.23. The molecule has 21 heavy (non-hydrogen) atoms. The number of hydrogen-bond acceptors (Lipinski definition) is 5. The molecular formula is C12H14N2O6S. The maximum atomic E-state index is 11.9. The smallest absolute Gasteiger partial charge is 0.326 e. The molecule has 1 rings (SSSR count). The summed E-state index contributed by atoms with van der Waals surface area (Å²) in [6, 6.07) is 3.64. The van der Waals surface area contributed by atoms with Crippen LogP contribution in [0.2, 0.25) is 0 Å². The zero-order valence-electron chi connectivity index (χ0n) is 11.1. The minimum atomic E-state index is -3.49. The Bertz CT molecular complexity index is 683. The van der Waals surface area contributed by atoms with E-state index in [0.717, 1.165) is 12.3 Å². The Morgan fingerprint density at radius 3 is 2.43 bits per heavy atom. The van der Waals surface area contributed by atoms with Crippen LogP contribution in [0.15, 0.2) is 29.2 Å². The summed E-state index contributed by atoms with van der Waals surface area (Å²) in [6.45, 7) is 0. The lowest BCUT2D eigenvalue weighted by Gasteiger charge is -2.13. The van der Waals surface area contributed by atoms with Gasteiger partial charge in [-0.2, -0.15) is 0 Å². The van der Waals surface area contributed by atoms with Gasteiger partial charge in [-0.3, -0.25) is 9.59 Å². The van der Waals surface area contributed by atoms with Crippen molar-refractivity contribution in [3.05, 3.63) is 29.8 Å². The number of hydrogen-bond donors (Lipinski definition) is 3. The first-order chi connectivity index (χ1) is 9.61. The van der Waals surface area contributed by atoms with Crippen molar-refractivity contribution in [2.75, 3.05) is 6.26 Å². The second-order valence-electron chi connectivity index (χ2n) is 4.33. The molecule has 0 spiro atoms. The number of rotatable bonds is 6. The number of amides is 2. The summed E-state index contributed by atoms with van der Waals surface area (Å²) in [5, 5.41) is 11.0. The summed E-state index contributed by atoms with van der Waals surface area (Å²) in [5.74, 6) is -3.11. The molecule has 0 aliphatic heterocycles. The molecular weight excluding hydrogens is 300 g/mol. The SMILES string of the molecule is CS(=O)(=O)c1cccc(C(=O)N[C@@H](CC(N)=O)C(=O)O)c1. The van der Waals surface area contributed by atoms with E-state index < -0.39 is 40.1 Å². The average molecular weight is 314 g/mol. The van der Waals surface area contributed by atoms with Crippen molar-refractivity contribution in [1.82, 2.24) is 5.32 Å². The third-order valence-electron chi connectivity index (χ3n) is 2.53. The largest absolute Gasteiger partial charge is 0.480 e. The van der Waals surface area contributed by atoms with Crippen LogP contribution < -0.4 is 11.1 Å². The number of carbonyl (C=O) groups excluding carboxylic acids is 2. The second kappa shape index (κ2) is 6.35. The number of aliphatic carboxylic acids is 1. The van der Waals surface area contributed by atoms with Gasteiger partial charge in [0.05, 0.1) is 11.3 Å². The highest BCUT2D eigenvalue weighted by molar-refractivity contribution is 7.90. The molecule has 1 atom stereocenters. The fraction of sp³-hybridized carbons (Fsp3) is 0.250. The van der Waals surface area contributed by atoms with E-state index in [1.54, 1.807) is 0 Å². The molecule has 0 radical (unpaired) electrons. The van der Waals surface area contributed by atoms with Crippen molar-refractivity contribution >= 4 is 27.6 Å². The summed E-state index contributed by atoms with van der Waals surface area (Å²) in [7, 11) is -3.49. The van der Waals surface area contributed by atoms with E-state index in [0.29, 0.717) is 0 Å². The lowest BCUT2D eigenvalue weighted by Crippen LogP contribution is -2.43. The summed E-state index contributed by atoms with van der Waals surface area (Å²) in [5.41, 5.74) is 4.86. The Morgan fingerprint density at radius 1 is 1.33 bits per heavy atom. The molecule has 0 aliphatic carbocycles. The van der Waals surface area contributed by atoms with Crippen molar-refractivity contribution in [1.29, 1.82) is 0 Å². The lowest BCUT2D eigenvalue weighted by molar-refractivity contribution is -0.140. The monoisotopic (exact) mass is 314 g/mol. The summed E-state index contributed by atoms with van der Waals surface area (Å²) in [6.07, 6.45) is 0.421.